The van der Waals surface area contributed by atoms with E-state index >= 15 is 0 Å². The smallest absolute Gasteiger partial charge is 0.191 e. The van der Waals surface area contributed by atoms with Crippen molar-refractivity contribution in [3.63, 3.8) is 0 Å². The molecule has 0 saturated heterocycles. The van der Waals surface area contributed by atoms with Crippen molar-refractivity contribution in [3.05, 3.63) is 23.7 Å². The van der Waals surface area contributed by atoms with Crippen LogP contribution in [0.2, 0.25) is 0 Å². The molecular formula is C19H34N4O2. The largest absolute Gasteiger partial charge is 0.463 e. The maximum Gasteiger partial charge on any atom is 0.191 e. The second-order valence-corrected chi connectivity index (χ2v) is 7.22. The molecule has 25 heavy (non-hydrogen) atoms. The molecule has 1 heterocycles. The summed E-state index contributed by atoms with van der Waals surface area (Å²) in [5.41, 5.74) is -1.11. The Kier molecular flexibility index (Phi) is 7.32. The van der Waals surface area contributed by atoms with Gasteiger partial charge in [0.15, 0.2) is 5.96 Å². The molecule has 1 aromatic rings. The molecule has 0 bridgehead atoms. The molecule has 0 amide bonds. The minimum atomic E-state index is -1.11. The first-order chi connectivity index (χ1) is 11.9. The Bertz CT molecular complexity index is 547. The number of rotatable bonds is 8. The quantitative estimate of drug-likeness (QED) is 0.495. The average Bonchev–Trinajstić information content (AvgIpc) is 3.24. The standard InChI is InChI=1S/C19H34N4O2/c1-5-20-18(21-12-13-23(4)16-8-6-7-9-16)22-14-19(3,24)17-11-10-15(2)25-17/h10-11,16,24H,5-9,12-14H2,1-4H3,(H2,20,21,22). The van der Waals surface area contributed by atoms with Crippen LogP contribution in [-0.4, -0.2) is 55.2 Å². The number of aliphatic hydroxyl groups is 1. The zero-order valence-electron chi connectivity index (χ0n) is 16.1. The highest BCUT2D eigenvalue weighted by Crippen LogP contribution is 2.23. The molecule has 2 rings (SSSR count). The van der Waals surface area contributed by atoms with Gasteiger partial charge in [-0.05, 0) is 52.8 Å². The lowest BCUT2D eigenvalue weighted by Gasteiger charge is -2.24. The lowest BCUT2D eigenvalue weighted by atomic mass is 10.0. The summed E-state index contributed by atoms with van der Waals surface area (Å²) in [7, 11) is 2.20. The van der Waals surface area contributed by atoms with Crippen LogP contribution in [0.5, 0.6) is 0 Å². The maximum atomic E-state index is 10.6. The predicted molar refractivity (Wildman–Crippen MR) is 102 cm³/mol. The molecule has 3 N–H and O–H groups in total. The third-order valence-corrected chi connectivity index (χ3v) is 4.87. The Labute approximate surface area is 151 Å². The number of nitrogens with zero attached hydrogens (tertiary/aromatic N) is 2. The van der Waals surface area contributed by atoms with Gasteiger partial charge in [0.05, 0.1) is 6.54 Å². The van der Waals surface area contributed by atoms with Crippen molar-refractivity contribution >= 4 is 5.96 Å². The maximum absolute atomic E-state index is 10.6. The molecule has 1 unspecified atom stereocenters. The van der Waals surface area contributed by atoms with Crippen molar-refractivity contribution in [2.45, 2.75) is 58.1 Å². The van der Waals surface area contributed by atoms with E-state index in [0.29, 0.717) is 5.76 Å². The van der Waals surface area contributed by atoms with E-state index in [-0.39, 0.29) is 6.54 Å². The molecule has 6 heteroatoms. The molecule has 1 aromatic heterocycles. The van der Waals surface area contributed by atoms with E-state index in [1.807, 2.05) is 26.0 Å². The van der Waals surface area contributed by atoms with Crippen molar-refractivity contribution < 1.29 is 9.52 Å². The van der Waals surface area contributed by atoms with Crippen LogP contribution in [0.1, 0.15) is 51.1 Å². The van der Waals surface area contributed by atoms with Crippen LogP contribution in [0.3, 0.4) is 0 Å². The van der Waals surface area contributed by atoms with Crippen molar-refractivity contribution in [2.24, 2.45) is 4.99 Å². The van der Waals surface area contributed by atoms with E-state index in [0.717, 1.165) is 37.4 Å². The number of aliphatic imine (C=N–C) groups is 1. The molecule has 0 radical (unpaired) electrons. The molecule has 0 aromatic carbocycles. The SMILES string of the molecule is CCNC(=NCC(C)(O)c1ccc(C)o1)NCCN(C)C1CCCC1. The summed E-state index contributed by atoms with van der Waals surface area (Å²) < 4.78 is 5.54. The van der Waals surface area contributed by atoms with Crippen molar-refractivity contribution in [1.82, 2.24) is 15.5 Å². The van der Waals surface area contributed by atoms with Crippen molar-refractivity contribution in [2.75, 3.05) is 33.2 Å². The highest BCUT2D eigenvalue weighted by Gasteiger charge is 2.26. The van der Waals surface area contributed by atoms with E-state index in [1.165, 1.54) is 25.7 Å². The molecule has 1 saturated carbocycles. The fraction of sp³-hybridized carbons (Fsp3) is 0.737. The first kappa shape index (κ1) is 19.8. The number of furan rings is 1. The van der Waals surface area contributed by atoms with Gasteiger partial charge in [-0.1, -0.05) is 12.8 Å². The third kappa shape index (κ3) is 6.04. The molecule has 1 atom stereocenters. The minimum absolute atomic E-state index is 0.244. The van der Waals surface area contributed by atoms with Gasteiger partial charge in [0.25, 0.3) is 0 Å². The topological polar surface area (TPSA) is 73.0 Å². The summed E-state index contributed by atoms with van der Waals surface area (Å²) in [5.74, 6) is 2.07. The van der Waals surface area contributed by atoms with Gasteiger partial charge in [-0.15, -0.1) is 0 Å². The molecule has 1 fully saturated rings. The monoisotopic (exact) mass is 350 g/mol. The van der Waals surface area contributed by atoms with Crippen LogP contribution in [0, 0.1) is 6.92 Å². The van der Waals surface area contributed by atoms with Gasteiger partial charge in [-0.25, -0.2) is 4.99 Å². The van der Waals surface area contributed by atoms with Gasteiger partial charge in [-0.3, -0.25) is 0 Å². The molecule has 0 spiro atoms. The summed E-state index contributed by atoms with van der Waals surface area (Å²) in [4.78, 5) is 6.97. The van der Waals surface area contributed by atoms with Crippen LogP contribution in [0.25, 0.3) is 0 Å². The number of nitrogens with one attached hydrogen (secondary N) is 2. The fourth-order valence-electron chi connectivity index (χ4n) is 3.25. The molecular weight excluding hydrogens is 316 g/mol. The average molecular weight is 351 g/mol. The lowest BCUT2D eigenvalue weighted by Crippen LogP contribution is -2.43. The van der Waals surface area contributed by atoms with Crippen LogP contribution in [0.15, 0.2) is 21.5 Å². The second-order valence-electron chi connectivity index (χ2n) is 7.22. The zero-order chi connectivity index (χ0) is 18.3. The first-order valence-electron chi connectivity index (χ1n) is 9.44. The van der Waals surface area contributed by atoms with Crippen LogP contribution >= 0.6 is 0 Å². The number of hydrogen-bond donors (Lipinski definition) is 3. The van der Waals surface area contributed by atoms with Crippen LogP contribution < -0.4 is 10.6 Å². The van der Waals surface area contributed by atoms with Gasteiger partial charge < -0.3 is 25.1 Å². The van der Waals surface area contributed by atoms with Gasteiger partial charge in [0.1, 0.15) is 17.1 Å². The number of guanidine groups is 1. The highest BCUT2D eigenvalue weighted by molar-refractivity contribution is 5.79. The van der Waals surface area contributed by atoms with Gasteiger partial charge >= 0.3 is 0 Å². The molecule has 1 aliphatic carbocycles. The van der Waals surface area contributed by atoms with Crippen molar-refractivity contribution in [3.8, 4) is 0 Å². The van der Waals surface area contributed by atoms with Gasteiger partial charge in [0, 0.05) is 25.7 Å². The summed E-state index contributed by atoms with van der Waals surface area (Å²) in [5, 5.41) is 17.2. The summed E-state index contributed by atoms with van der Waals surface area (Å²) in [6.45, 7) is 8.49. The lowest BCUT2D eigenvalue weighted by molar-refractivity contribution is 0.0428. The Morgan fingerprint density at radius 3 is 2.68 bits per heavy atom. The Morgan fingerprint density at radius 1 is 1.36 bits per heavy atom. The second kappa shape index (κ2) is 9.25. The van der Waals surface area contributed by atoms with E-state index in [4.69, 9.17) is 4.42 Å². The molecule has 6 nitrogen and oxygen atoms in total. The summed E-state index contributed by atoms with van der Waals surface area (Å²) in [6.07, 6.45) is 5.34. The van der Waals surface area contributed by atoms with Gasteiger partial charge in [-0.2, -0.15) is 0 Å². The Morgan fingerprint density at radius 2 is 2.08 bits per heavy atom. The normalized spacial score (nSPS) is 18.6. The van der Waals surface area contributed by atoms with Crippen molar-refractivity contribution in [1.29, 1.82) is 0 Å². The Balaban J connectivity index is 1.84. The van der Waals surface area contributed by atoms with E-state index < -0.39 is 5.60 Å². The van der Waals surface area contributed by atoms with E-state index in [2.05, 4.69) is 27.6 Å². The third-order valence-electron chi connectivity index (χ3n) is 4.87. The highest BCUT2D eigenvalue weighted by atomic mass is 16.4. The van der Waals surface area contributed by atoms with Crippen LogP contribution in [0.4, 0.5) is 0 Å². The molecule has 1 aliphatic rings. The summed E-state index contributed by atoms with van der Waals surface area (Å²) in [6, 6.07) is 4.39. The minimum Gasteiger partial charge on any atom is -0.463 e. The first-order valence-corrected chi connectivity index (χ1v) is 9.44. The van der Waals surface area contributed by atoms with E-state index in [9.17, 15) is 5.11 Å². The molecule has 0 aliphatic heterocycles. The zero-order valence-corrected chi connectivity index (χ0v) is 16.1. The number of aryl methyl sites for hydroxylation is 1. The van der Waals surface area contributed by atoms with E-state index in [1.54, 1.807) is 6.92 Å². The fourth-order valence-corrected chi connectivity index (χ4v) is 3.25. The van der Waals surface area contributed by atoms with Gasteiger partial charge in [0.2, 0.25) is 0 Å². The Hall–Kier alpha value is -1.53. The number of hydrogen-bond acceptors (Lipinski definition) is 4. The molecule has 142 valence electrons. The number of likely N-dealkylation sites (N-methyl/N-ethyl adjacent to an activating group) is 1. The van der Waals surface area contributed by atoms with Crippen LogP contribution in [-0.2, 0) is 5.60 Å². The predicted octanol–water partition coefficient (Wildman–Crippen LogP) is 2.23. The summed E-state index contributed by atoms with van der Waals surface area (Å²) >= 11 is 0.